The summed E-state index contributed by atoms with van der Waals surface area (Å²) in [5, 5.41) is 5.43. The first-order valence-electron chi connectivity index (χ1n) is 8.66. The van der Waals surface area contributed by atoms with Crippen LogP contribution >= 0.6 is 0 Å². The molecule has 6 heteroatoms. The molecule has 1 aliphatic heterocycles. The standard InChI is InChI=1S/C17H28N6/c1-5-7-15-19-16(14-10-18-23(4)17(14)20-15)22(3)12-13-8-6-9-21(2)11-13/h10,13H,5-9,11-12H2,1-4H3/t13-/m1/s1. The molecule has 0 saturated carbocycles. The van der Waals surface area contributed by atoms with Gasteiger partial charge in [-0.3, -0.25) is 4.68 Å². The van der Waals surface area contributed by atoms with Crippen LogP contribution in [0.4, 0.5) is 5.82 Å². The van der Waals surface area contributed by atoms with Crippen molar-refractivity contribution in [2.75, 3.05) is 38.6 Å². The maximum Gasteiger partial charge on any atom is 0.163 e. The number of hydrogen-bond donors (Lipinski definition) is 0. The van der Waals surface area contributed by atoms with E-state index in [-0.39, 0.29) is 0 Å². The van der Waals surface area contributed by atoms with Gasteiger partial charge in [0.1, 0.15) is 11.6 Å². The Labute approximate surface area is 138 Å². The van der Waals surface area contributed by atoms with Crippen molar-refractivity contribution >= 4 is 16.9 Å². The van der Waals surface area contributed by atoms with E-state index in [9.17, 15) is 0 Å². The quantitative estimate of drug-likeness (QED) is 0.845. The second-order valence-electron chi connectivity index (χ2n) is 6.87. The predicted molar refractivity (Wildman–Crippen MR) is 93.8 cm³/mol. The lowest BCUT2D eigenvalue weighted by molar-refractivity contribution is 0.213. The van der Waals surface area contributed by atoms with Crippen LogP contribution in [0.3, 0.4) is 0 Å². The van der Waals surface area contributed by atoms with Crippen LogP contribution in [-0.4, -0.2) is 58.4 Å². The summed E-state index contributed by atoms with van der Waals surface area (Å²) in [6.07, 6.45) is 6.46. The third-order valence-corrected chi connectivity index (χ3v) is 4.71. The van der Waals surface area contributed by atoms with Crippen molar-refractivity contribution in [1.82, 2.24) is 24.6 Å². The van der Waals surface area contributed by atoms with Crippen LogP contribution in [-0.2, 0) is 13.5 Å². The first-order chi connectivity index (χ1) is 11.1. The number of piperidine rings is 1. The fraction of sp³-hybridized carbons (Fsp3) is 0.706. The highest BCUT2D eigenvalue weighted by Crippen LogP contribution is 2.25. The van der Waals surface area contributed by atoms with Crippen molar-refractivity contribution in [1.29, 1.82) is 0 Å². The lowest BCUT2D eigenvalue weighted by Crippen LogP contribution is -2.38. The Kier molecular flexibility index (Phi) is 4.80. The zero-order valence-electron chi connectivity index (χ0n) is 14.8. The van der Waals surface area contributed by atoms with Crippen LogP contribution in [0.25, 0.3) is 11.0 Å². The Hall–Kier alpha value is -1.69. The molecule has 126 valence electrons. The number of likely N-dealkylation sites (tertiary alicyclic amines) is 1. The van der Waals surface area contributed by atoms with Gasteiger partial charge in [0.25, 0.3) is 0 Å². The van der Waals surface area contributed by atoms with Crippen molar-refractivity contribution in [3.05, 3.63) is 12.0 Å². The molecule has 0 radical (unpaired) electrons. The van der Waals surface area contributed by atoms with Gasteiger partial charge < -0.3 is 9.80 Å². The van der Waals surface area contributed by atoms with E-state index in [1.807, 2.05) is 17.9 Å². The molecule has 2 aromatic heterocycles. The molecule has 1 atom stereocenters. The molecule has 1 saturated heterocycles. The van der Waals surface area contributed by atoms with Gasteiger partial charge in [-0.15, -0.1) is 0 Å². The monoisotopic (exact) mass is 316 g/mol. The van der Waals surface area contributed by atoms with E-state index >= 15 is 0 Å². The Bertz CT molecular complexity index is 664. The minimum absolute atomic E-state index is 0.704. The van der Waals surface area contributed by atoms with Crippen molar-refractivity contribution in [2.45, 2.75) is 32.6 Å². The normalized spacial score (nSPS) is 19.4. The number of aryl methyl sites for hydroxylation is 2. The number of fused-ring (bicyclic) bond motifs is 1. The summed E-state index contributed by atoms with van der Waals surface area (Å²) in [6, 6.07) is 0. The van der Waals surface area contributed by atoms with E-state index in [0.717, 1.165) is 42.1 Å². The average Bonchev–Trinajstić information content (AvgIpc) is 2.88. The summed E-state index contributed by atoms with van der Waals surface area (Å²) < 4.78 is 1.85. The first-order valence-corrected chi connectivity index (χ1v) is 8.66. The van der Waals surface area contributed by atoms with Crippen molar-refractivity contribution in [3.8, 4) is 0 Å². The molecule has 0 aliphatic carbocycles. The summed E-state index contributed by atoms with van der Waals surface area (Å²) in [5.74, 6) is 2.65. The average molecular weight is 316 g/mol. The van der Waals surface area contributed by atoms with E-state index < -0.39 is 0 Å². The molecule has 0 amide bonds. The summed E-state index contributed by atoms with van der Waals surface area (Å²) in [5.41, 5.74) is 0.936. The van der Waals surface area contributed by atoms with Crippen LogP contribution < -0.4 is 4.90 Å². The van der Waals surface area contributed by atoms with E-state index in [4.69, 9.17) is 4.98 Å². The van der Waals surface area contributed by atoms with E-state index in [0.29, 0.717) is 5.92 Å². The number of hydrogen-bond acceptors (Lipinski definition) is 5. The Morgan fingerprint density at radius 2 is 2.13 bits per heavy atom. The molecular weight excluding hydrogens is 288 g/mol. The molecule has 23 heavy (non-hydrogen) atoms. The highest BCUT2D eigenvalue weighted by Gasteiger charge is 2.21. The van der Waals surface area contributed by atoms with Crippen LogP contribution in [0.2, 0.25) is 0 Å². The number of rotatable bonds is 5. The van der Waals surface area contributed by atoms with E-state index in [1.54, 1.807) is 0 Å². The van der Waals surface area contributed by atoms with Gasteiger partial charge in [0.2, 0.25) is 0 Å². The van der Waals surface area contributed by atoms with Crippen molar-refractivity contribution in [2.24, 2.45) is 13.0 Å². The lowest BCUT2D eigenvalue weighted by Gasteiger charge is -2.33. The lowest BCUT2D eigenvalue weighted by atomic mass is 9.98. The third kappa shape index (κ3) is 3.47. The second kappa shape index (κ2) is 6.83. The zero-order valence-corrected chi connectivity index (χ0v) is 14.8. The van der Waals surface area contributed by atoms with Crippen LogP contribution in [0, 0.1) is 5.92 Å². The fourth-order valence-electron chi connectivity index (χ4n) is 3.57. The number of aromatic nitrogens is 4. The van der Waals surface area contributed by atoms with Crippen LogP contribution in [0.5, 0.6) is 0 Å². The van der Waals surface area contributed by atoms with Gasteiger partial charge in [0.15, 0.2) is 5.65 Å². The first kappa shape index (κ1) is 16.2. The molecule has 1 aliphatic rings. The SMILES string of the molecule is CCCc1nc(N(C)C[C@@H]2CCCN(C)C2)c2cnn(C)c2n1. The smallest absolute Gasteiger partial charge is 0.163 e. The Morgan fingerprint density at radius 3 is 2.87 bits per heavy atom. The highest BCUT2D eigenvalue weighted by atomic mass is 15.3. The molecule has 0 bridgehead atoms. The summed E-state index contributed by atoms with van der Waals surface area (Å²) in [7, 11) is 6.32. The molecule has 6 nitrogen and oxygen atoms in total. The van der Waals surface area contributed by atoms with Crippen molar-refractivity contribution in [3.63, 3.8) is 0 Å². The molecule has 0 unspecified atom stereocenters. The van der Waals surface area contributed by atoms with Crippen molar-refractivity contribution < 1.29 is 0 Å². The predicted octanol–water partition coefficient (Wildman–Crippen LogP) is 2.09. The largest absolute Gasteiger partial charge is 0.359 e. The molecule has 2 aromatic rings. The van der Waals surface area contributed by atoms with Gasteiger partial charge in [-0.25, -0.2) is 9.97 Å². The molecule has 3 heterocycles. The third-order valence-electron chi connectivity index (χ3n) is 4.71. The molecular formula is C17H28N6. The van der Waals surface area contributed by atoms with Gasteiger partial charge in [0.05, 0.1) is 11.6 Å². The summed E-state index contributed by atoms with van der Waals surface area (Å²) in [6.45, 7) is 5.60. The minimum Gasteiger partial charge on any atom is -0.359 e. The van der Waals surface area contributed by atoms with E-state index in [1.165, 1.54) is 25.9 Å². The zero-order chi connectivity index (χ0) is 16.4. The molecule has 0 spiro atoms. The highest BCUT2D eigenvalue weighted by molar-refractivity contribution is 5.86. The molecule has 0 aromatic carbocycles. The van der Waals surface area contributed by atoms with Gasteiger partial charge in [0, 0.05) is 33.6 Å². The molecule has 1 fully saturated rings. The summed E-state index contributed by atoms with van der Waals surface area (Å²) >= 11 is 0. The van der Waals surface area contributed by atoms with Gasteiger partial charge >= 0.3 is 0 Å². The second-order valence-corrected chi connectivity index (χ2v) is 6.87. The minimum atomic E-state index is 0.704. The van der Waals surface area contributed by atoms with E-state index in [2.05, 4.69) is 40.9 Å². The van der Waals surface area contributed by atoms with Crippen LogP contribution in [0.15, 0.2) is 6.20 Å². The maximum absolute atomic E-state index is 4.84. The fourth-order valence-corrected chi connectivity index (χ4v) is 3.57. The van der Waals surface area contributed by atoms with Gasteiger partial charge in [-0.05, 0) is 38.8 Å². The Balaban J connectivity index is 1.87. The number of nitrogens with zero attached hydrogens (tertiary/aromatic N) is 6. The van der Waals surface area contributed by atoms with Gasteiger partial charge in [-0.2, -0.15) is 5.10 Å². The molecule has 3 rings (SSSR count). The Morgan fingerprint density at radius 1 is 1.30 bits per heavy atom. The number of anilines is 1. The topological polar surface area (TPSA) is 50.1 Å². The van der Waals surface area contributed by atoms with Gasteiger partial charge in [-0.1, -0.05) is 6.92 Å². The maximum atomic E-state index is 4.84. The van der Waals surface area contributed by atoms with Crippen LogP contribution in [0.1, 0.15) is 32.0 Å². The summed E-state index contributed by atoms with van der Waals surface area (Å²) in [4.78, 5) is 14.3. The molecule has 0 N–H and O–H groups in total.